The third-order valence-corrected chi connectivity index (χ3v) is 2.92. The van der Waals surface area contributed by atoms with Gasteiger partial charge in [0.15, 0.2) is 0 Å². The van der Waals surface area contributed by atoms with Crippen LogP contribution in [0.15, 0.2) is 0 Å². The van der Waals surface area contributed by atoms with Crippen LogP contribution in [0.25, 0.3) is 0 Å². The molecule has 0 aliphatic heterocycles. The van der Waals surface area contributed by atoms with E-state index in [1.807, 2.05) is 27.7 Å². The first-order chi connectivity index (χ1) is 6.66. The summed E-state index contributed by atoms with van der Waals surface area (Å²) < 4.78 is 5.28. The van der Waals surface area contributed by atoms with Crippen molar-refractivity contribution in [2.75, 3.05) is 7.05 Å². The van der Waals surface area contributed by atoms with Gasteiger partial charge in [-0.1, -0.05) is 0 Å². The summed E-state index contributed by atoms with van der Waals surface area (Å²) in [6.07, 6.45) is 1.68. The molecule has 0 aromatic heterocycles. The molecule has 2 N–H and O–H groups in total. The molecule has 4 heteroatoms. The van der Waals surface area contributed by atoms with Crippen molar-refractivity contribution in [2.24, 2.45) is 5.73 Å². The van der Waals surface area contributed by atoms with Crippen LogP contribution in [0.1, 0.15) is 40.5 Å². The molecule has 0 saturated heterocycles. The van der Waals surface area contributed by atoms with Gasteiger partial charge in [0.1, 0.15) is 5.60 Å². The summed E-state index contributed by atoms with van der Waals surface area (Å²) in [5.41, 5.74) is 5.41. The molecule has 1 unspecified atom stereocenters. The van der Waals surface area contributed by atoms with Gasteiger partial charge in [-0.2, -0.15) is 0 Å². The third-order valence-electron chi connectivity index (χ3n) is 2.92. The van der Waals surface area contributed by atoms with Crippen LogP contribution in [0.5, 0.6) is 0 Å². The molecule has 0 heterocycles. The van der Waals surface area contributed by atoms with Crippen molar-refractivity contribution in [3.8, 4) is 0 Å². The number of hydrogen-bond donors (Lipinski definition) is 1. The number of likely N-dealkylation sites (N-methyl/N-ethyl adjacent to an activating group) is 1. The Labute approximate surface area is 91.8 Å². The minimum Gasteiger partial charge on any atom is -0.444 e. The van der Waals surface area contributed by atoms with Crippen LogP contribution in [0.2, 0.25) is 0 Å². The molecule has 15 heavy (non-hydrogen) atoms. The van der Waals surface area contributed by atoms with Gasteiger partial charge in [-0.05, 0) is 40.5 Å². The molecule has 0 radical (unpaired) electrons. The Hall–Kier alpha value is -0.770. The summed E-state index contributed by atoms with van der Waals surface area (Å²) in [6.45, 7) is 7.55. The molecule has 1 saturated carbocycles. The topological polar surface area (TPSA) is 55.6 Å². The van der Waals surface area contributed by atoms with Gasteiger partial charge in [-0.25, -0.2) is 4.79 Å². The quantitative estimate of drug-likeness (QED) is 0.761. The molecule has 1 rings (SSSR count). The van der Waals surface area contributed by atoms with Crippen LogP contribution in [0.4, 0.5) is 4.79 Å². The van der Waals surface area contributed by atoms with Crippen molar-refractivity contribution >= 4 is 6.09 Å². The molecular formula is C11H22N2O2. The Balaban J connectivity index is 2.53. The van der Waals surface area contributed by atoms with E-state index in [9.17, 15) is 4.79 Å². The maximum Gasteiger partial charge on any atom is 0.410 e. The fourth-order valence-corrected chi connectivity index (χ4v) is 1.44. The van der Waals surface area contributed by atoms with Gasteiger partial charge in [0.2, 0.25) is 0 Å². The Kier molecular flexibility index (Phi) is 3.01. The van der Waals surface area contributed by atoms with E-state index < -0.39 is 5.60 Å². The number of carbonyl (C=O) groups excluding carboxylic acids is 1. The largest absolute Gasteiger partial charge is 0.444 e. The summed E-state index contributed by atoms with van der Waals surface area (Å²) in [6, 6.07) is 0.0346. The van der Waals surface area contributed by atoms with Crippen LogP contribution in [0.3, 0.4) is 0 Å². The van der Waals surface area contributed by atoms with Gasteiger partial charge < -0.3 is 15.4 Å². The normalized spacial score (nSPS) is 20.7. The molecule has 1 amide bonds. The lowest BCUT2D eigenvalue weighted by Crippen LogP contribution is -2.49. The average Bonchev–Trinajstić information content (AvgIpc) is 2.79. The Morgan fingerprint density at radius 1 is 1.47 bits per heavy atom. The predicted molar refractivity (Wildman–Crippen MR) is 59.6 cm³/mol. The first-order valence-corrected chi connectivity index (χ1v) is 5.40. The van der Waals surface area contributed by atoms with Crippen LogP contribution in [-0.4, -0.2) is 35.2 Å². The second kappa shape index (κ2) is 3.67. The summed E-state index contributed by atoms with van der Waals surface area (Å²) in [7, 11) is 1.74. The minimum atomic E-state index is -0.448. The molecule has 4 nitrogen and oxygen atoms in total. The van der Waals surface area contributed by atoms with Gasteiger partial charge in [0.25, 0.3) is 0 Å². The van der Waals surface area contributed by atoms with Crippen LogP contribution in [-0.2, 0) is 4.74 Å². The molecule has 1 atom stereocenters. The number of rotatable bonds is 2. The smallest absolute Gasteiger partial charge is 0.410 e. The van der Waals surface area contributed by atoms with Gasteiger partial charge in [-0.15, -0.1) is 0 Å². The van der Waals surface area contributed by atoms with E-state index in [4.69, 9.17) is 10.5 Å². The SMILES string of the molecule is CC(N(C)C(=O)OC(C)(C)C)C1(N)CC1. The van der Waals surface area contributed by atoms with Crippen LogP contribution >= 0.6 is 0 Å². The molecule has 0 aromatic carbocycles. The van der Waals surface area contributed by atoms with Crippen LogP contribution < -0.4 is 5.73 Å². The predicted octanol–water partition coefficient (Wildman–Crippen LogP) is 1.73. The first kappa shape index (κ1) is 12.3. The second-order valence-electron chi connectivity index (χ2n) is 5.50. The zero-order valence-electron chi connectivity index (χ0n) is 10.3. The Morgan fingerprint density at radius 3 is 2.27 bits per heavy atom. The van der Waals surface area contributed by atoms with E-state index in [0.717, 1.165) is 12.8 Å². The van der Waals surface area contributed by atoms with Crippen molar-refractivity contribution in [3.63, 3.8) is 0 Å². The lowest BCUT2D eigenvalue weighted by Gasteiger charge is -2.31. The number of ether oxygens (including phenoxy) is 1. The molecule has 0 spiro atoms. The zero-order chi connectivity index (χ0) is 11.9. The van der Waals surface area contributed by atoms with E-state index in [1.165, 1.54) is 0 Å². The number of nitrogens with two attached hydrogens (primary N) is 1. The summed E-state index contributed by atoms with van der Waals surface area (Å²) >= 11 is 0. The average molecular weight is 214 g/mol. The molecule has 1 aliphatic rings. The fraction of sp³-hybridized carbons (Fsp3) is 0.909. The number of carbonyl (C=O) groups is 1. The summed E-state index contributed by atoms with van der Waals surface area (Å²) in [4.78, 5) is 13.3. The summed E-state index contributed by atoms with van der Waals surface area (Å²) in [5, 5.41) is 0. The molecule has 0 aromatic rings. The molecular weight excluding hydrogens is 192 g/mol. The Morgan fingerprint density at radius 2 is 1.93 bits per heavy atom. The number of hydrogen-bond acceptors (Lipinski definition) is 3. The molecule has 1 fully saturated rings. The van der Waals surface area contributed by atoms with Gasteiger partial charge >= 0.3 is 6.09 Å². The van der Waals surface area contributed by atoms with Crippen molar-refractivity contribution in [2.45, 2.75) is 57.7 Å². The fourth-order valence-electron chi connectivity index (χ4n) is 1.44. The van der Waals surface area contributed by atoms with Gasteiger partial charge in [0.05, 0.1) is 0 Å². The lowest BCUT2D eigenvalue weighted by molar-refractivity contribution is 0.0206. The van der Waals surface area contributed by atoms with E-state index >= 15 is 0 Å². The zero-order valence-corrected chi connectivity index (χ0v) is 10.3. The second-order valence-corrected chi connectivity index (χ2v) is 5.50. The lowest BCUT2D eigenvalue weighted by atomic mass is 10.1. The summed E-state index contributed by atoms with van der Waals surface area (Å²) in [5.74, 6) is 0. The Bertz CT molecular complexity index is 254. The van der Waals surface area contributed by atoms with E-state index in [0.29, 0.717) is 0 Å². The first-order valence-electron chi connectivity index (χ1n) is 5.40. The van der Waals surface area contributed by atoms with E-state index in [-0.39, 0.29) is 17.7 Å². The van der Waals surface area contributed by atoms with Crippen LogP contribution in [0, 0.1) is 0 Å². The molecule has 0 bridgehead atoms. The van der Waals surface area contributed by atoms with Crippen molar-refractivity contribution in [1.29, 1.82) is 0 Å². The van der Waals surface area contributed by atoms with Crippen molar-refractivity contribution in [3.05, 3.63) is 0 Å². The number of amides is 1. The highest BCUT2D eigenvalue weighted by molar-refractivity contribution is 5.68. The minimum absolute atomic E-state index is 0.0346. The monoisotopic (exact) mass is 214 g/mol. The highest BCUT2D eigenvalue weighted by Gasteiger charge is 2.46. The highest BCUT2D eigenvalue weighted by Crippen LogP contribution is 2.37. The maximum atomic E-state index is 11.7. The third kappa shape index (κ3) is 3.09. The van der Waals surface area contributed by atoms with E-state index in [1.54, 1.807) is 11.9 Å². The van der Waals surface area contributed by atoms with Gasteiger partial charge in [-0.3, -0.25) is 0 Å². The highest BCUT2D eigenvalue weighted by atomic mass is 16.6. The molecule has 88 valence electrons. The van der Waals surface area contributed by atoms with Crippen molar-refractivity contribution in [1.82, 2.24) is 4.90 Å². The van der Waals surface area contributed by atoms with Crippen molar-refractivity contribution < 1.29 is 9.53 Å². The molecule has 1 aliphatic carbocycles. The number of nitrogens with zero attached hydrogens (tertiary/aromatic N) is 1. The van der Waals surface area contributed by atoms with Gasteiger partial charge in [0, 0.05) is 18.6 Å². The maximum absolute atomic E-state index is 11.7. The standard InChI is InChI=1S/C11H22N2O2/c1-8(11(12)6-7-11)13(5)9(14)15-10(2,3)4/h8H,6-7,12H2,1-5H3. The van der Waals surface area contributed by atoms with E-state index in [2.05, 4.69) is 0 Å².